The average molecular weight is 539 g/mol. The molecule has 4 aromatic rings. The number of aliphatic imine (C=N–C) groups is 1. The van der Waals surface area contributed by atoms with Crippen LogP contribution >= 0.6 is 0 Å². The van der Waals surface area contributed by atoms with Crippen molar-refractivity contribution >= 4 is 28.1 Å². The molecule has 0 radical (unpaired) electrons. The maximum absolute atomic E-state index is 13.6. The number of H-pyrrole nitrogens is 2. The van der Waals surface area contributed by atoms with Crippen molar-refractivity contribution in [2.45, 2.75) is 26.8 Å². The third kappa shape index (κ3) is 5.20. The van der Waals surface area contributed by atoms with Crippen LogP contribution in [0.3, 0.4) is 0 Å². The zero-order valence-electron chi connectivity index (χ0n) is 23.4. The number of aromatic nitrogens is 4. The van der Waals surface area contributed by atoms with Crippen molar-refractivity contribution in [3.63, 3.8) is 0 Å². The Morgan fingerprint density at radius 2 is 1.90 bits per heavy atom. The summed E-state index contributed by atoms with van der Waals surface area (Å²) in [6, 6.07) is 12.7. The van der Waals surface area contributed by atoms with Gasteiger partial charge >= 0.3 is 0 Å². The summed E-state index contributed by atoms with van der Waals surface area (Å²) < 4.78 is 13.6. The Morgan fingerprint density at radius 1 is 1.15 bits per heavy atom. The number of fused-ring (bicyclic) bond motifs is 1. The van der Waals surface area contributed by atoms with Crippen LogP contribution in [0.2, 0.25) is 0 Å². The Hall–Kier alpha value is -4.50. The molecular weight excluding hydrogens is 503 g/mol. The van der Waals surface area contributed by atoms with Gasteiger partial charge in [0.1, 0.15) is 28.6 Å². The Balaban J connectivity index is 0.00000158. The van der Waals surface area contributed by atoms with Crippen LogP contribution in [-0.4, -0.2) is 68.5 Å². The number of benzene rings is 1. The van der Waals surface area contributed by atoms with Crippen molar-refractivity contribution in [2.24, 2.45) is 10.7 Å². The molecule has 0 saturated carbocycles. The number of nitrogens with two attached hydrogens (primary N) is 1. The summed E-state index contributed by atoms with van der Waals surface area (Å²) in [4.78, 5) is 17.7. The molecule has 2 aliphatic rings. The first-order valence-electron chi connectivity index (χ1n) is 13.5. The topological polar surface area (TPSA) is 102 Å². The van der Waals surface area contributed by atoms with E-state index in [1.807, 2.05) is 52.2 Å². The molecule has 0 atom stereocenters. The number of nitrogens with one attached hydrogen (secondary N) is 2. The van der Waals surface area contributed by atoms with E-state index in [4.69, 9.17) is 15.7 Å². The third-order valence-electron chi connectivity index (χ3n) is 6.93. The normalized spacial score (nSPS) is 15.8. The quantitative estimate of drug-likeness (QED) is 0.298. The summed E-state index contributed by atoms with van der Waals surface area (Å²) in [7, 11) is 2.04. The molecule has 9 heteroatoms. The fourth-order valence-corrected chi connectivity index (χ4v) is 4.98. The summed E-state index contributed by atoms with van der Waals surface area (Å²) in [6.07, 6.45) is 5.68. The van der Waals surface area contributed by atoms with E-state index in [0.29, 0.717) is 0 Å². The van der Waals surface area contributed by atoms with Gasteiger partial charge in [-0.1, -0.05) is 44.7 Å². The fourth-order valence-electron chi connectivity index (χ4n) is 4.98. The van der Waals surface area contributed by atoms with Crippen LogP contribution in [-0.2, 0) is 0 Å². The van der Waals surface area contributed by atoms with Gasteiger partial charge in [0.2, 0.25) is 0 Å². The molecule has 4 N–H and O–H groups in total. The SMILES string of the molecule is C=C/C=C(/c1ccc(F)cc1)c1cc(-c2n[nH]c3ccc(C4=CN(C)CC(N5CC(N)C5)=N4)nc23)[nH]c1C.CC. The molecule has 1 aromatic carbocycles. The van der Waals surface area contributed by atoms with Gasteiger partial charge in [-0.25, -0.2) is 14.4 Å². The van der Waals surface area contributed by atoms with E-state index in [9.17, 15) is 4.39 Å². The van der Waals surface area contributed by atoms with Crippen molar-refractivity contribution in [3.05, 3.63) is 95.7 Å². The van der Waals surface area contributed by atoms with Crippen LogP contribution in [0.15, 0.2) is 72.4 Å². The Bertz CT molecular complexity index is 1620. The highest BCUT2D eigenvalue weighted by Crippen LogP contribution is 2.33. The summed E-state index contributed by atoms with van der Waals surface area (Å²) >= 11 is 0. The number of amidine groups is 1. The van der Waals surface area contributed by atoms with Gasteiger partial charge in [0.05, 0.1) is 23.4 Å². The molecule has 0 unspecified atom stereocenters. The van der Waals surface area contributed by atoms with Crippen LogP contribution < -0.4 is 5.73 Å². The second kappa shape index (κ2) is 11.3. The molecule has 0 bridgehead atoms. The van der Waals surface area contributed by atoms with Crippen LogP contribution in [0.4, 0.5) is 4.39 Å². The minimum Gasteiger partial charge on any atom is -0.371 e. The molecule has 0 aliphatic carbocycles. The van der Waals surface area contributed by atoms with Crippen LogP contribution in [0, 0.1) is 12.7 Å². The van der Waals surface area contributed by atoms with E-state index in [1.54, 1.807) is 18.2 Å². The van der Waals surface area contributed by atoms with Crippen LogP contribution in [0.1, 0.15) is 36.4 Å². The number of likely N-dealkylation sites (N-methyl/N-ethyl adjacent to an activating group) is 1. The zero-order valence-corrected chi connectivity index (χ0v) is 23.4. The van der Waals surface area contributed by atoms with Gasteiger partial charge in [-0.3, -0.25) is 5.10 Å². The lowest BCUT2D eigenvalue weighted by Crippen LogP contribution is -2.59. The molecule has 2 aliphatic heterocycles. The summed E-state index contributed by atoms with van der Waals surface area (Å²) in [6.45, 7) is 12.3. The van der Waals surface area contributed by atoms with Crippen LogP contribution in [0.25, 0.3) is 33.7 Å². The minimum absolute atomic E-state index is 0.208. The van der Waals surface area contributed by atoms with Gasteiger partial charge in [0.15, 0.2) is 0 Å². The number of hydrogen-bond donors (Lipinski definition) is 3. The molecular formula is C31H35FN8. The second-order valence-corrected chi connectivity index (χ2v) is 9.83. The smallest absolute Gasteiger partial charge is 0.135 e. The highest BCUT2D eigenvalue weighted by Gasteiger charge is 2.28. The monoisotopic (exact) mass is 538 g/mol. The number of likely N-dealkylation sites (tertiary alicyclic amines) is 1. The van der Waals surface area contributed by atoms with Crippen molar-refractivity contribution < 1.29 is 4.39 Å². The van der Waals surface area contributed by atoms with Gasteiger partial charge in [0.25, 0.3) is 0 Å². The van der Waals surface area contributed by atoms with Crippen molar-refractivity contribution in [1.82, 2.24) is 30.0 Å². The zero-order chi connectivity index (χ0) is 28.4. The van der Waals surface area contributed by atoms with E-state index >= 15 is 0 Å². The molecule has 1 saturated heterocycles. The predicted octanol–water partition coefficient (Wildman–Crippen LogP) is 5.33. The Kier molecular flexibility index (Phi) is 7.66. The first kappa shape index (κ1) is 27.1. The van der Waals surface area contributed by atoms with E-state index in [-0.39, 0.29) is 11.9 Å². The number of pyridine rings is 1. The third-order valence-corrected chi connectivity index (χ3v) is 6.93. The first-order valence-corrected chi connectivity index (χ1v) is 13.5. The molecule has 3 aromatic heterocycles. The van der Waals surface area contributed by atoms with Crippen LogP contribution in [0.5, 0.6) is 0 Å². The molecule has 8 nitrogen and oxygen atoms in total. The average Bonchev–Trinajstić information content (AvgIpc) is 3.54. The standard InChI is InChI=1S/C29H29FN8.C2H6/c1-4-5-21(18-6-8-19(30)9-7-18)22-12-25(32-17(22)2)29-28-24(35-36-29)11-10-23(34-28)26-15-37(3)16-27(33-26)38-13-20(31)14-38;1-2/h4-12,15,20,32H,1,13-14,16,31H2,2-3H3,(H,35,36);1-2H3/b21-5-;. The highest BCUT2D eigenvalue weighted by atomic mass is 19.1. The maximum Gasteiger partial charge on any atom is 0.135 e. The van der Waals surface area contributed by atoms with E-state index in [0.717, 1.165) is 81.7 Å². The summed E-state index contributed by atoms with van der Waals surface area (Å²) in [5, 5.41) is 7.69. The fraction of sp³-hybridized carbons (Fsp3) is 0.258. The molecule has 0 amide bonds. The van der Waals surface area contributed by atoms with Crippen molar-refractivity contribution in [3.8, 4) is 11.4 Å². The minimum atomic E-state index is -0.271. The van der Waals surface area contributed by atoms with E-state index < -0.39 is 0 Å². The van der Waals surface area contributed by atoms with Crippen molar-refractivity contribution in [1.29, 1.82) is 0 Å². The Morgan fingerprint density at radius 3 is 2.60 bits per heavy atom. The highest BCUT2D eigenvalue weighted by molar-refractivity contribution is 5.94. The first-order chi connectivity index (χ1) is 19.4. The molecule has 6 rings (SSSR count). The lowest BCUT2D eigenvalue weighted by molar-refractivity contribution is 0.244. The molecule has 1 fully saturated rings. The number of aromatic amines is 2. The number of hydrogen-bond acceptors (Lipinski definition) is 6. The summed E-state index contributed by atoms with van der Waals surface area (Å²) in [5.41, 5.74) is 14.5. The number of allylic oxidation sites excluding steroid dienone is 2. The van der Waals surface area contributed by atoms with E-state index in [1.165, 1.54) is 12.1 Å². The number of rotatable bonds is 5. The largest absolute Gasteiger partial charge is 0.371 e. The van der Waals surface area contributed by atoms with E-state index in [2.05, 4.69) is 37.6 Å². The molecule has 206 valence electrons. The van der Waals surface area contributed by atoms with Gasteiger partial charge in [-0.05, 0) is 48.4 Å². The predicted molar refractivity (Wildman–Crippen MR) is 161 cm³/mol. The van der Waals surface area contributed by atoms with Gasteiger partial charge in [-0.15, -0.1) is 0 Å². The molecule has 40 heavy (non-hydrogen) atoms. The number of nitrogens with zero attached hydrogens (tertiary/aromatic N) is 5. The second-order valence-electron chi connectivity index (χ2n) is 9.83. The molecule has 0 spiro atoms. The maximum atomic E-state index is 13.6. The summed E-state index contributed by atoms with van der Waals surface area (Å²) in [5.74, 6) is 0.736. The van der Waals surface area contributed by atoms with Crippen molar-refractivity contribution in [2.75, 3.05) is 26.7 Å². The Labute approximate surface area is 233 Å². The molecule has 5 heterocycles. The lowest BCUT2D eigenvalue weighted by Gasteiger charge is -2.41. The lowest BCUT2D eigenvalue weighted by atomic mass is 9.97. The van der Waals surface area contributed by atoms with Gasteiger partial charge in [-0.2, -0.15) is 5.10 Å². The number of aryl methyl sites for hydroxylation is 1. The van der Waals surface area contributed by atoms with Gasteiger partial charge in [0, 0.05) is 43.6 Å². The number of halogens is 1. The van der Waals surface area contributed by atoms with Gasteiger partial charge < -0.3 is 20.5 Å².